The predicted octanol–water partition coefficient (Wildman–Crippen LogP) is 3.96. The first-order valence-corrected chi connectivity index (χ1v) is 8.03. The van der Waals surface area contributed by atoms with E-state index in [1.807, 2.05) is 10.9 Å². The molecule has 0 bridgehead atoms. The van der Waals surface area contributed by atoms with Crippen molar-refractivity contribution in [1.82, 2.24) is 15.1 Å². The van der Waals surface area contributed by atoms with Crippen LogP contribution in [0.25, 0.3) is 5.69 Å². The first-order chi connectivity index (χ1) is 10.2. The predicted molar refractivity (Wildman–Crippen MR) is 88.7 cm³/mol. The fourth-order valence-electron chi connectivity index (χ4n) is 2.28. The minimum atomic E-state index is 0.669. The monoisotopic (exact) mass is 285 g/mol. The van der Waals surface area contributed by atoms with Crippen LogP contribution in [0.3, 0.4) is 0 Å². The summed E-state index contributed by atoms with van der Waals surface area (Å²) in [5.41, 5.74) is 3.63. The Bertz CT molecular complexity index is 526. The van der Waals surface area contributed by atoms with Gasteiger partial charge in [-0.15, -0.1) is 0 Å². The molecule has 0 saturated heterocycles. The third-order valence-electron chi connectivity index (χ3n) is 3.52. The zero-order valence-corrected chi connectivity index (χ0v) is 13.5. The smallest absolute Gasteiger partial charge is 0.0766 e. The van der Waals surface area contributed by atoms with Gasteiger partial charge in [-0.3, -0.25) is 0 Å². The van der Waals surface area contributed by atoms with Crippen molar-refractivity contribution in [1.29, 1.82) is 0 Å². The molecule has 1 heterocycles. The van der Waals surface area contributed by atoms with Gasteiger partial charge in [0, 0.05) is 12.7 Å². The molecule has 1 aromatic heterocycles. The van der Waals surface area contributed by atoms with Crippen LogP contribution in [0.5, 0.6) is 0 Å². The number of aryl methyl sites for hydroxylation is 1. The Kier molecular flexibility index (Phi) is 6.00. The van der Waals surface area contributed by atoms with Gasteiger partial charge in [0.2, 0.25) is 0 Å². The lowest BCUT2D eigenvalue weighted by Gasteiger charge is -2.06. The van der Waals surface area contributed by atoms with Crippen LogP contribution in [-0.2, 0) is 13.0 Å². The molecule has 0 atom stereocenters. The van der Waals surface area contributed by atoms with Crippen molar-refractivity contribution in [2.45, 2.75) is 46.6 Å². The normalized spacial score (nSPS) is 11.2. The Balaban J connectivity index is 1.94. The summed E-state index contributed by atoms with van der Waals surface area (Å²) in [5, 5.41) is 8.05. The van der Waals surface area contributed by atoms with Crippen LogP contribution < -0.4 is 5.32 Å². The highest BCUT2D eigenvalue weighted by molar-refractivity contribution is 5.34. The largest absolute Gasteiger partial charge is 0.311 e. The fourth-order valence-corrected chi connectivity index (χ4v) is 2.28. The second-order valence-electron chi connectivity index (χ2n) is 6.05. The zero-order valence-electron chi connectivity index (χ0n) is 13.5. The maximum Gasteiger partial charge on any atom is 0.0766 e. The van der Waals surface area contributed by atoms with E-state index in [9.17, 15) is 0 Å². The molecule has 0 saturated carbocycles. The van der Waals surface area contributed by atoms with E-state index in [-0.39, 0.29) is 0 Å². The maximum atomic E-state index is 4.62. The van der Waals surface area contributed by atoms with E-state index in [1.54, 1.807) is 0 Å². The van der Waals surface area contributed by atoms with Gasteiger partial charge in [0.05, 0.1) is 11.4 Å². The molecule has 3 heteroatoms. The first kappa shape index (κ1) is 15.8. The second-order valence-corrected chi connectivity index (χ2v) is 6.05. The van der Waals surface area contributed by atoms with E-state index in [2.05, 4.69) is 61.5 Å². The molecule has 21 heavy (non-hydrogen) atoms. The molecule has 1 aromatic carbocycles. The molecule has 3 nitrogen and oxygen atoms in total. The summed E-state index contributed by atoms with van der Waals surface area (Å²) in [6, 6.07) is 10.8. The molecule has 0 aliphatic carbocycles. The first-order valence-electron chi connectivity index (χ1n) is 8.03. The summed E-state index contributed by atoms with van der Waals surface area (Å²) < 4.78 is 1.95. The molecule has 114 valence electrons. The summed E-state index contributed by atoms with van der Waals surface area (Å²) in [6.45, 7) is 8.52. The van der Waals surface area contributed by atoms with E-state index in [1.165, 1.54) is 24.8 Å². The van der Waals surface area contributed by atoms with Gasteiger partial charge in [-0.05, 0) is 49.1 Å². The summed E-state index contributed by atoms with van der Waals surface area (Å²) >= 11 is 0. The van der Waals surface area contributed by atoms with Gasteiger partial charge in [-0.2, -0.15) is 5.10 Å². The molecule has 0 fully saturated rings. The fraction of sp³-hybridized carbons (Fsp3) is 0.500. The van der Waals surface area contributed by atoms with E-state index >= 15 is 0 Å². The molecule has 2 rings (SSSR count). The van der Waals surface area contributed by atoms with Crippen molar-refractivity contribution in [3.8, 4) is 5.69 Å². The van der Waals surface area contributed by atoms with Gasteiger partial charge in [0.25, 0.3) is 0 Å². The third kappa shape index (κ3) is 5.01. The molecule has 0 aliphatic rings. The molecular weight excluding hydrogens is 258 g/mol. The number of aromatic nitrogens is 2. The van der Waals surface area contributed by atoms with Gasteiger partial charge in [-0.1, -0.05) is 39.3 Å². The van der Waals surface area contributed by atoms with Crippen LogP contribution in [0.1, 0.15) is 44.9 Å². The van der Waals surface area contributed by atoms with Crippen molar-refractivity contribution in [3.05, 3.63) is 47.8 Å². The van der Waals surface area contributed by atoms with Crippen molar-refractivity contribution < 1.29 is 0 Å². The molecular formula is C18H27N3. The molecule has 0 spiro atoms. The van der Waals surface area contributed by atoms with E-state index in [0.29, 0.717) is 5.92 Å². The number of nitrogens with one attached hydrogen (secondary N) is 1. The van der Waals surface area contributed by atoms with Gasteiger partial charge in [0.15, 0.2) is 0 Å². The second kappa shape index (κ2) is 7.99. The van der Waals surface area contributed by atoms with Crippen LogP contribution in [0, 0.1) is 5.92 Å². The lowest BCUT2D eigenvalue weighted by Crippen LogP contribution is -2.19. The highest BCUT2D eigenvalue weighted by Crippen LogP contribution is 2.11. The Morgan fingerprint density at radius 3 is 2.57 bits per heavy atom. The Hall–Kier alpha value is -1.61. The molecule has 0 amide bonds. The average Bonchev–Trinajstić information content (AvgIpc) is 2.94. The maximum absolute atomic E-state index is 4.62. The number of benzene rings is 1. The van der Waals surface area contributed by atoms with Gasteiger partial charge in [0.1, 0.15) is 0 Å². The van der Waals surface area contributed by atoms with Crippen LogP contribution in [0.2, 0.25) is 0 Å². The lowest BCUT2D eigenvalue weighted by atomic mass is 10.1. The highest BCUT2D eigenvalue weighted by atomic mass is 15.3. The highest BCUT2D eigenvalue weighted by Gasteiger charge is 2.02. The molecule has 0 radical (unpaired) electrons. The van der Waals surface area contributed by atoms with E-state index < -0.39 is 0 Å². The van der Waals surface area contributed by atoms with E-state index in [0.717, 1.165) is 24.5 Å². The van der Waals surface area contributed by atoms with Gasteiger partial charge in [-0.25, -0.2) is 4.68 Å². The number of unbranched alkanes of at least 4 members (excludes halogenated alkanes) is 1. The van der Waals surface area contributed by atoms with E-state index in [4.69, 9.17) is 0 Å². The lowest BCUT2D eigenvalue weighted by molar-refractivity contribution is 0.546. The standard InChI is InChI=1S/C18H27N3/c1-4-5-6-16-7-9-18(10-8-16)21-12-11-17(20-21)14-19-13-15(2)3/h7-12,15,19H,4-6,13-14H2,1-3H3. The Labute approximate surface area is 128 Å². The number of rotatable bonds is 8. The quantitative estimate of drug-likeness (QED) is 0.795. The summed E-state index contributed by atoms with van der Waals surface area (Å²) in [4.78, 5) is 0. The summed E-state index contributed by atoms with van der Waals surface area (Å²) in [7, 11) is 0. The molecule has 1 N–H and O–H groups in total. The van der Waals surface area contributed by atoms with Crippen molar-refractivity contribution in [2.24, 2.45) is 5.92 Å². The van der Waals surface area contributed by atoms with Crippen LogP contribution in [0.4, 0.5) is 0 Å². The van der Waals surface area contributed by atoms with Crippen LogP contribution >= 0.6 is 0 Å². The summed E-state index contributed by atoms with van der Waals surface area (Å²) in [5.74, 6) is 0.669. The minimum absolute atomic E-state index is 0.669. The molecule has 0 unspecified atom stereocenters. The average molecular weight is 285 g/mol. The van der Waals surface area contributed by atoms with Gasteiger partial charge >= 0.3 is 0 Å². The third-order valence-corrected chi connectivity index (χ3v) is 3.52. The summed E-state index contributed by atoms with van der Waals surface area (Å²) in [6.07, 6.45) is 5.70. The zero-order chi connectivity index (χ0) is 15.1. The minimum Gasteiger partial charge on any atom is -0.311 e. The number of nitrogens with zero attached hydrogens (tertiary/aromatic N) is 2. The SMILES string of the molecule is CCCCc1ccc(-n2ccc(CNCC(C)C)n2)cc1. The number of hydrogen-bond acceptors (Lipinski definition) is 2. The van der Waals surface area contributed by atoms with Crippen molar-refractivity contribution in [2.75, 3.05) is 6.54 Å². The Morgan fingerprint density at radius 1 is 1.14 bits per heavy atom. The topological polar surface area (TPSA) is 29.9 Å². The van der Waals surface area contributed by atoms with Crippen LogP contribution in [0.15, 0.2) is 36.5 Å². The Morgan fingerprint density at radius 2 is 1.90 bits per heavy atom. The number of hydrogen-bond donors (Lipinski definition) is 1. The van der Waals surface area contributed by atoms with Crippen molar-refractivity contribution >= 4 is 0 Å². The molecule has 0 aliphatic heterocycles. The molecule has 2 aromatic rings. The van der Waals surface area contributed by atoms with Crippen molar-refractivity contribution in [3.63, 3.8) is 0 Å². The van der Waals surface area contributed by atoms with Gasteiger partial charge < -0.3 is 5.32 Å². The van der Waals surface area contributed by atoms with Crippen LogP contribution in [-0.4, -0.2) is 16.3 Å².